The van der Waals surface area contributed by atoms with E-state index in [1.807, 2.05) is 48.7 Å². The van der Waals surface area contributed by atoms with Crippen molar-refractivity contribution in [3.8, 4) is 23.1 Å². The van der Waals surface area contributed by atoms with E-state index in [4.69, 9.17) is 0 Å². The maximum Gasteiger partial charge on any atom is 0.236 e. The number of hydrogen-bond donors (Lipinski definition) is 1. The summed E-state index contributed by atoms with van der Waals surface area (Å²) in [5.74, 6) is 0.188. The minimum absolute atomic E-state index is 0.0478. The van der Waals surface area contributed by atoms with Gasteiger partial charge in [-0.1, -0.05) is 42.1 Å². The number of carbonyl (C=O) groups excluding carboxylic acids is 1. The van der Waals surface area contributed by atoms with E-state index in [9.17, 15) is 14.4 Å². The van der Waals surface area contributed by atoms with E-state index in [2.05, 4.69) is 21.6 Å². The first-order valence-corrected chi connectivity index (χ1v) is 11.1. The number of carbonyl (C=O) groups is 1. The number of aromatic nitrogens is 4. The van der Waals surface area contributed by atoms with Crippen LogP contribution in [0.2, 0.25) is 0 Å². The Balaban J connectivity index is 1.55. The summed E-state index contributed by atoms with van der Waals surface area (Å²) in [6, 6.07) is 18.1. The van der Waals surface area contributed by atoms with E-state index in [1.54, 1.807) is 29.8 Å². The molecule has 33 heavy (non-hydrogen) atoms. The zero-order valence-electron chi connectivity index (χ0n) is 18.3. The molecule has 0 spiro atoms. The molecular formula is C24H21FN6OS. The van der Waals surface area contributed by atoms with Crippen molar-refractivity contribution in [1.82, 2.24) is 19.3 Å². The van der Waals surface area contributed by atoms with Gasteiger partial charge < -0.3 is 9.88 Å². The number of nitrogens with zero attached hydrogens (tertiary/aromatic N) is 5. The molecule has 0 aliphatic rings. The number of hydrogen-bond acceptors (Lipinski definition) is 5. The molecule has 166 valence electrons. The average molecular weight is 461 g/mol. The van der Waals surface area contributed by atoms with Crippen molar-refractivity contribution in [2.45, 2.75) is 19.0 Å². The fraction of sp³-hybridized carbons (Fsp3) is 0.167. The molecule has 1 amide bonds. The van der Waals surface area contributed by atoms with Gasteiger partial charge in [-0.2, -0.15) is 5.26 Å². The highest BCUT2D eigenvalue weighted by molar-refractivity contribution is 7.99. The van der Waals surface area contributed by atoms with Crippen LogP contribution in [-0.2, 0) is 11.8 Å². The fourth-order valence-corrected chi connectivity index (χ4v) is 4.29. The highest BCUT2D eigenvalue weighted by Gasteiger charge is 2.21. The Bertz CT molecular complexity index is 1370. The van der Waals surface area contributed by atoms with Gasteiger partial charge in [0, 0.05) is 18.4 Å². The number of nitriles is 1. The van der Waals surface area contributed by atoms with Crippen molar-refractivity contribution < 1.29 is 9.18 Å². The minimum atomic E-state index is -0.390. The molecule has 0 saturated heterocycles. The summed E-state index contributed by atoms with van der Waals surface area (Å²) in [4.78, 5) is 12.8. The molecule has 2 heterocycles. The van der Waals surface area contributed by atoms with Crippen molar-refractivity contribution in [3.05, 3.63) is 77.2 Å². The number of halogens is 1. The lowest BCUT2D eigenvalue weighted by Gasteiger charge is -2.13. The standard InChI is InChI=1S/C24H21FN6OS/c1-15-16(2)31(17-9-5-4-6-10-17)22(19(15)13-26)27-21(32)14-33-24-29-28-23(30(24)3)18-11-7-8-12-20(18)25/h4-12H,14H2,1-3H3,(H,27,32). The molecule has 0 aliphatic heterocycles. The van der Waals surface area contributed by atoms with Crippen LogP contribution in [0.5, 0.6) is 0 Å². The number of anilines is 1. The first-order valence-electron chi connectivity index (χ1n) is 10.2. The molecule has 9 heteroatoms. The second kappa shape index (κ2) is 9.30. The summed E-state index contributed by atoms with van der Waals surface area (Å²) in [7, 11) is 1.73. The van der Waals surface area contributed by atoms with E-state index in [0.717, 1.165) is 16.9 Å². The zero-order chi connectivity index (χ0) is 23.5. The Morgan fingerprint density at radius 2 is 1.82 bits per heavy atom. The topological polar surface area (TPSA) is 88.5 Å². The third-order valence-electron chi connectivity index (χ3n) is 5.38. The quantitative estimate of drug-likeness (QED) is 0.424. The molecule has 2 aromatic heterocycles. The van der Waals surface area contributed by atoms with Gasteiger partial charge in [0.2, 0.25) is 5.91 Å². The molecule has 4 rings (SSSR count). The number of nitrogens with one attached hydrogen (secondary N) is 1. The lowest BCUT2D eigenvalue weighted by molar-refractivity contribution is -0.113. The van der Waals surface area contributed by atoms with Gasteiger partial charge in [-0.05, 0) is 43.7 Å². The molecule has 0 saturated carbocycles. The number of rotatable bonds is 6. The lowest BCUT2D eigenvalue weighted by atomic mass is 10.2. The van der Waals surface area contributed by atoms with Gasteiger partial charge in [0.1, 0.15) is 17.7 Å². The summed E-state index contributed by atoms with van der Waals surface area (Å²) in [5.41, 5.74) is 3.31. The molecule has 0 aliphatic carbocycles. The number of amides is 1. The SMILES string of the molecule is Cc1c(C#N)c(NC(=O)CSc2nnc(-c3ccccc3F)n2C)n(-c2ccccc2)c1C. The number of thioether (sulfide) groups is 1. The third kappa shape index (κ3) is 4.25. The number of para-hydroxylation sites is 1. The largest absolute Gasteiger partial charge is 0.310 e. The van der Waals surface area contributed by atoms with Crippen LogP contribution >= 0.6 is 11.8 Å². The van der Waals surface area contributed by atoms with E-state index in [-0.39, 0.29) is 11.7 Å². The van der Waals surface area contributed by atoms with E-state index < -0.39 is 5.82 Å². The van der Waals surface area contributed by atoms with E-state index in [1.165, 1.54) is 17.8 Å². The minimum Gasteiger partial charge on any atom is -0.310 e. The van der Waals surface area contributed by atoms with Crippen molar-refractivity contribution in [1.29, 1.82) is 5.26 Å². The van der Waals surface area contributed by atoms with Crippen LogP contribution in [0.1, 0.15) is 16.8 Å². The summed E-state index contributed by atoms with van der Waals surface area (Å²) < 4.78 is 17.6. The van der Waals surface area contributed by atoms with Crippen LogP contribution in [-0.4, -0.2) is 31.0 Å². The molecule has 4 aromatic rings. The monoisotopic (exact) mass is 460 g/mol. The van der Waals surface area contributed by atoms with Crippen LogP contribution in [0.4, 0.5) is 10.2 Å². The first-order chi connectivity index (χ1) is 15.9. The van der Waals surface area contributed by atoms with E-state index >= 15 is 0 Å². The summed E-state index contributed by atoms with van der Waals surface area (Å²) in [6.45, 7) is 3.78. The highest BCUT2D eigenvalue weighted by Crippen LogP contribution is 2.30. The van der Waals surface area contributed by atoms with Gasteiger partial charge in [-0.3, -0.25) is 9.36 Å². The maximum atomic E-state index is 14.1. The molecule has 2 aromatic carbocycles. The van der Waals surface area contributed by atoms with Crippen molar-refractivity contribution in [2.24, 2.45) is 7.05 Å². The van der Waals surface area contributed by atoms with Crippen molar-refractivity contribution in [3.63, 3.8) is 0 Å². The summed E-state index contributed by atoms with van der Waals surface area (Å²) in [5, 5.41) is 21.3. The van der Waals surface area contributed by atoms with Crippen LogP contribution in [0.3, 0.4) is 0 Å². The molecule has 0 fully saturated rings. The van der Waals surface area contributed by atoms with Gasteiger partial charge in [0.05, 0.1) is 16.9 Å². The Labute approximate surface area is 194 Å². The first kappa shape index (κ1) is 22.3. The molecule has 0 unspecified atom stereocenters. The normalized spacial score (nSPS) is 10.8. The molecule has 7 nitrogen and oxygen atoms in total. The Morgan fingerprint density at radius 1 is 1.12 bits per heavy atom. The zero-order valence-corrected chi connectivity index (χ0v) is 19.2. The Hall–Kier alpha value is -3.90. The molecule has 0 radical (unpaired) electrons. The molecular weight excluding hydrogens is 439 g/mol. The fourth-order valence-electron chi connectivity index (χ4n) is 3.58. The molecule has 0 atom stereocenters. The average Bonchev–Trinajstić information content (AvgIpc) is 3.29. The van der Waals surface area contributed by atoms with Crippen LogP contribution < -0.4 is 5.32 Å². The van der Waals surface area contributed by atoms with Crippen molar-refractivity contribution >= 4 is 23.5 Å². The maximum absolute atomic E-state index is 14.1. The van der Waals surface area contributed by atoms with E-state index in [0.29, 0.717) is 27.9 Å². The predicted octanol–water partition coefficient (Wildman–Crippen LogP) is 4.63. The van der Waals surface area contributed by atoms with Gasteiger partial charge in [0.15, 0.2) is 11.0 Å². The summed E-state index contributed by atoms with van der Waals surface area (Å²) in [6.07, 6.45) is 0. The second-order valence-corrected chi connectivity index (χ2v) is 8.34. The Morgan fingerprint density at radius 3 is 2.52 bits per heavy atom. The van der Waals surface area contributed by atoms with Gasteiger partial charge >= 0.3 is 0 Å². The van der Waals surface area contributed by atoms with Gasteiger partial charge in [-0.15, -0.1) is 10.2 Å². The molecule has 1 N–H and O–H groups in total. The highest BCUT2D eigenvalue weighted by atomic mass is 32.2. The predicted molar refractivity (Wildman–Crippen MR) is 126 cm³/mol. The third-order valence-corrected chi connectivity index (χ3v) is 6.40. The van der Waals surface area contributed by atoms with Gasteiger partial charge in [0.25, 0.3) is 0 Å². The van der Waals surface area contributed by atoms with Crippen LogP contribution in [0, 0.1) is 31.0 Å². The number of benzene rings is 2. The molecule has 0 bridgehead atoms. The van der Waals surface area contributed by atoms with Crippen LogP contribution in [0.15, 0.2) is 59.8 Å². The Kier molecular flexibility index (Phi) is 6.29. The van der Waals surface area contributed by atoms with Gasteiger partial charge in [-0.25, -0.2) is 4.39 Å². The summed E-state index contributed by atoms with van der Waals surface area (Å²) >= 11 is 1.18. The van der Waals surface area contributed by atoms with Crippen molar-refractivity contribution in [2.75, 3.05) is 11.1 Å². The smallest absolute Gasteiger partial charge is 0.236 e. The van der Waals surface area contributed by atoms with Crippen LogP contribution in [0.25, 0.3) is 17.1 Å². The second-order valence-electron chi connectivity index (χ2n) is 7.40. The lowest BCUT2D eigenvalue weighted by Crippen LogP contribution is -2.18.